The summed E-state index contributed by atoms with van der Waals surface area (Å²) < 4.78 is 1.88. The minimum absolute atomic E-state index is 0.0203. The number of carbonyl (C=O) groups excluding carboxylic acids is 1. The van der Waals surface area contributed by atoms with Crippen molar-refractivity contribution < 1.29 is 4.79 Å². The Morgan fingerprint density at radius 3 is 2.61 bits per heavy atom. The number of rotatable bonds is 3. The highest BCUT2D eigenvalue weighted by atomic mass is 16.1. The van der Waals surface area contributed by atoms with Crippen LogP contribution < -0.4 is 5.32 Å². The molecule has 3 aromatic rings. The summed E-state index contributed by atoms with van der Waals surface area (Å²) in [5.41, 5.74) is 2.62. The molecule has 0 saturated carbocycles. The molecule has 2 heterocycles. The van der Waals surface area contributed by atoms with E-state index in [1.807, 2.05) is 67.9 Å². The van der Waals surface area contributed by atoms with E-state index in [4.69, 9.17) is 0 Å². The smallest absolute Gasteiger partial charge is 0.234 e. The molecule has 0 unspecified atom stereocenters. The molecule has 23 heavy (non-hydrogen) atoms. The van der Waals surface area contributed by atoms with E-state index < -0.39 is 0 Å². The Bertz CT molecular complexity index is 795. The van der Waals surface area contributed by atoms with E-state index in [-0.39, 0.29) is 11.3 Å². The number of nitrogens with one attached hydrogen (secondary N) is 1. The van der Waals surface area contributed by atoms with E-state index in [2.05, 4.69) is 15.3 Å². The van der Waals surface area contributed by atoms with E-state index in [0.29, 0.717) is 12.2 Å². The molecule has 3 rings (SSSR count). The summed E-state index contributed by atoms with van der Waals surface area (Å²) in [7, 11) is 0. The number of hydrogen-bond acceptors (Lipinski definition) is 3. The average molecular weight is 308 g/mol. The molecule has 118 valence electrons. The van der Waals surface area contributed by atoms with Crippen molar-refractivity contribution in [2.75, 3.05) is 5.32 Å². The number of nitrogens with zero attached hydrogens (tertiary/aromatic N) is 3. The van der Waals surface area contributed by atoms with Crippen molar-refractivity contribution in [1.29, 1.82) is 0 Å². The summed E-state index contributed by atoms with van der Waals surface area (Å²) >= 11 is 0. The van der Waals surface area contributed by atoms with Gasteiger partial charge in [-0.1, -0.05) is 32.9 Å². The van der Waals surface area contributed by atoms with Gasteiger partial charge in [-0.3, -0.25) is 9.20 Å². The number of carbonyl (C=O) groups is 1. The molecule has 1 amide bonds. The average Bonchev–Trinajstić information content (AvgIpc) is 2.89. The lowest BCUT2D eigenvalue weighted by atomic mass is 9.92. The molecular weight excluding hydrogens is 288 g/mol. The first-order valence-corrected chi connectivity index (χ1v) is 7.61. The normalized spacial score (nSPS) is 11.6. The fourth-order valence-electron chi connectivity index (χ4n) is 2.38. The Morgan fingerprint density at radius 1 is 1.22 bits per heavy atom. The van der Waals surface area contributed by atoms with Gasteiger partial charge in [0.1, 0.15) is 0 Å². The van der Waals surface area contributed by atoms with E-state index >= 15 is 0 Å². The van der Waals surface area contributed by atoms with Gasteiger partial charge in [0.2, 0.25) is 11.7 Å². The van der Waals surface area contributed by atoms with Crippen LogP contribution in [0.2, 0.25) is 0 Å². The first kappa shape index (κ1) is 15.2. The lowest BCUT2D eigenvalue weighted by molar-refractivity contribution is -0.117. The Labute approximate surface area is 135 Å². The van der Waals surface area contributed by atoms with Gasteiger partial charge in [0.15, 0.2) is 0 Å². The van der Waals surface area contributed by atoms with Gasteiger partial charge in [0.05, 0.1) is 5.69 Å². The van der Waals surface area contributed by atoms with E-state index in [9.17, 15) is 4.79 Å². The second kappa shape index (κ2) is 5.83. The first-order chi connectivity index (χ1) is 10.9. The second-order valence-electron chi connectivity index (χ2n) is 6.82. The molecule has 5 nitrogen and oxygen atoms in total. The lowest BCUT2D eigenvalue weighted by Gasteiger charge is -2.17. The van der Waals surface area contributed by atoms with Gasteiger partial charge in [0, 0.05) is 36.3 Å². The summed E-state index contributed by atoms with van der Waals surface area (Å²) in [6.45, 7) is 6.15. The van der Waals surface area contributed by atoms with Gasteiger partial charge in [-0.05, 0) is 23.6 Å². The highest BCUT2D eigenvalue weighted by Gasteiger charge is 2.16. The van der Waals surface area contributed by atoms with E-state index in [0.717, 1.165) is 16.9 Å². The molecule has 1 aromatic carbocycles. The number of benzene rings is 1. The molecule has 0 aliphatic carbocycles. The fraction of sp³-hybridized carbons (Fsp3) is 0.278. The molecule has 0 atom stereocenters. The molecule has 0 aliphatic heterocycles. The van der Waals surface area contributed by atoms with Crippen LogP contribution in [-0.2, 0) is 4.79 Å². The molecule has 0 fully saturated rings. The first-order valence-electron chi connectivity index (χ1n) is 7.61. The fourth-order valence-corrected chi connectivity index (χ4v) is 2.38. The van der Waals surface area contributed by atoms with Gasteiger partial charge in [-0.25, -0.2) is 9.97 Å². The minimum atomic E-state index is -0.0203. The third-order valence-electron chi connectivity index (χ3n) is 3.39. The molecule has 0 saturated heterocycles. The van der Waals surface area contributed by atoms with Crippen LogP contribution in [0.5, 0.6) is 0 Å². The van der Waals surface area contributed by atoms with Crippen LogP contribution in [0, 0.1) is 5.41 Å². The molecule has 1 N–H and O–H groups in total. The van der Waals surface area contributed by atoms with Crippen LogP contribution >= 0.6 is 0 Å². The number of amides is 1. The zero-order valence-electron chi connectivity index (χ0n) is 13.6. The van der Waals surface area contributed by atoms with Crippen LogP contribution in [0.4, 0.5) is 5.69 Å². The van der Waals surface area contributed by atoms with Crippen molar-refractivity contribution in [3.63, 3.8) is 0 Å². The lowest BCUT2D eigenvalue weighted by Crippen LogP contribution is -2.19. The molecule has 0 bridgehead atoms. The van der Waals surface area contributed by atoms with Crippen molar-refractivity contribution in [3.05, 3.63) is 48.9 Å². The van der Waals surface area contributed by atoms with Crippen LogP contribution in [-0.4, -0.2) is 20.3 Å². The SMILES string of the molecule is CC(C)(C)CC(=O)Nc1ccc(-c2cn3cccnc3n2)cc1. The number of imidazole rings is 1. The summed E-state index contributed by atoms with van der Waals surface area (Å²) in [6, 6.07) is 9.57. The maximum absolute atomic E-state index is 12.0. The molecular formula is C18H20N4O. The van der Waals surface area contributed by atoms with Crippen molar-refractivity contribution in [3.8, 4) is 11.3 Å². The Kier molecular flexibility index (Phi) is 3.86. The maximum Gasteiger partial charge on any atom is 0.234 e. The van der Waals surface area contributed by atoms with Gasteiger partial charge in [-0.2, -0.15) is 0 Å². The largest absolute Gasteiger partial charge is 0.326 e. The van der Waals surface area contributed by atoms with E-state index in [1.54, 1.807) is 6.20 Å². The second-order valence-corrected chi connectivity index (χ2v) is 6.82. The summed E-state index contributed by atoms with van der Waals surface area (Å²) in [5, 5.41) is 2.93. The van der Waals surface area contributed by atoms with Gasteiger partial charge >= 0.3 is 0 Å². The summed E-state index contributed by atoms with van der Waals surface area (Å²) in [4.78, 5) is 20.7. The highest BCUT2D eigenvalue weighted by molar-refractivity contribution is 5.91. The third kappa shape index (κ3) is 3.74. The van der Waals surface area contributed by atoms with Gasteiger partial charge in [-0.15, -0.1) is 0 Å². The quantitative estimate of drug-likeness (QED) is 0.801. The maximum atomic E-state index is 12.0. The Balaban J connectivity index is 1.75. The number of aromatic nitrogens is 3. The van der Waals surface area contributed by atoms with Gasteiger partial charge in [0.25, 0.3) is 0 Å². The number of fused-ring (bicyclic) bond motifs is 1. The molecule has 0 aliphatic rings. The monoisotopic (exact) mass is 308 g/mol. The third-order valence-corrected chi connectivity index (χ3v) is 3.39. The Hall–Kier alpha value is -2.69. The summed E-state index contributed by atoms with van der Waals surface area (Å²) in [5.74, 6) is 0.701. The van der Waals surface area contributed by atoms with Crippen molar-refractivity contribution in [2.45, 2.75) is 27.2 Å². The molecule has 0 spiro atoms. The molecule has 5 heteroatoms. The predicted molar refractivity (Wildman–Crippen MR) is 91.1 cm³/mol. The van der Waals surface area contributed by atoms with Crippen LogP contribution in [0.15, 0.2) is 48.9 Å². The number of anilines is 1. The minimum Gasteiger partial charge on any atom is -0.326 e. The number of hydrogen-bond donors (Lipinski definition) is 1. The van der Waals surface area contributed by atoms with Crippen LogP contribution in [0.1, 0.15) is 27.2 Å². The van der Waals surface area contributed by atoms with Crippen molar-refractivity contribution >= 4 is 17.4 Å². The van der Waals surface area contributed by atoms with Crippen molar-refractivity contribution in [2.24, 2.45) is 5.41 Å². The predicted octanol–water partition coefficient (Wildman–Crippen LogP) is 3.77. The molecule has 2 aromatic heterocycles. The van der Waals surface area contributed by atoms with Crippen molar-refractivity contribution in [1.82, 2.24) is 14.4 Å². The van der Waals surface area contributed by atoms with Gasteiger partial charge < -0.3 is 5.32 Å². The topological polar surface area (TPSA) is 59.3 Å². The summed E-state index contributed by atoms with van der Waals surface area (Å²) in [6.07, 6.45) is 6.07. The Morgan fingerprint density at radius 2 is 1.96 bits per heavy atom. The zero-order chi connectivity index (χ0) is 16.4. The molecule has 0 radical (unpaired) electrons. The van der Waals surface area contributed by atoms with E-state index in [1.165, 1.54) is 0 Å². The zero-order valence-corrected chi connectivity index (χ0v) is 13.6. The van der Waals surface area contributed by atoms with Crippen LogP contribution in [0.25, 0.3) is 17.0 Å². The van der Waals surface area contributed by atoms with Crippen LogP contribution in [0.3, 0.4) is 0 Å². The highest BCUT2D eigenvalue weighted by Crippen LogP contribution is 2.22. The standard InChI is InChI=1S/C18H20N4O/c1-18(2,3)11-16(23)20-14-7-5-13(6-8-14)15-12-22-10-4-9-19-17(22)21-15/h4-10,12H,11H2,1-3H3,(H,20,23).